The minimum Gasteiger partial charge on any atom is -0.300 e. The first kappa shape index (κ1) is 9.14. The van der Waals surface area contributed by atoms with E-state index in [4.69, 9.17) is 0 Å². The topological polar surface area (TPSA) is 17.1 Å². The van der Waals surface area contributed by atoms with Crippen molar-refractivity contribution in [3.63, 3.8) is 0 Å². The largest absolute Gasteiger partial charge is 0.300 e. The molecule has 2 atom stereocenters. The Balaban J connectivity index is 1.76. The van der Waals surface area contributed by atoms with Crippen molar-refractivity contribution < 1.29 is 4.79 Å². The van der Waals surface area contributed by atoms with Crippen molar-refractivity contribution in [2.75, 3.05) is 0 Å². The van der Waals surface area contributed by atoms with Crippen LogP contribution in [0.5, 0.6) is 0 Å². The fourth-order valence-corrected chi connectivity index (χ4v) is 3.38. The summed E-state index contributed by atoms with van der Waals surface area (Å²) in [5.74, 6) is 2.61. The molecule has 2 unspecified atom stereocenters. The summed E-state index contributed by atoms with van der Waals surface area (Å²) in [5, 5.41) is 0. The maximum absolute atomic E-state index is 11.3. The van der Waals surface area contributed by atoms with E-state index in [1.165, 1.54) is 18.4 Å². The van der Waals surface area contributed by atoms with Crippen LogP contribution in [-0.2, 0) is 4.79 Å². The zero-order valence-corrected chi connectivity index (χ0v) is 8.86. The van der Waals surface area contributed by atoms with Gasteiger partial charge >= 0.3 is 0 Å². The molecule has 2 aliphatic rings. The molecule has 1 nitrogen and oxygen atoms in total. The third kappa shape index (κ3) is 1.60. The molecule has 0 bridgehead atoms. The van der Waals surface area contributed by atoms with Gasteiger partial charge in [-0.3, -0.25) is 4.79 Å². The number of hydrogen-bond donors (Lipinski definition) is 0. The molecule has 15 heavy (non-hydrogen) atoms. The van der Waals surface area contributed by atoms with Crippen LogP contribution in [-0.4, -0.2) is 5.78 Å². The van der Waals surface area contributed by atoms with Crippen LogP contribution in [0.3, 0.4) is 0 Å². The summed E-state index contributed by atoms with van der Waals surface area (Å²) < 4.78 is 0. The second kappa shape index (κ2) is 3.48. The average molecular weight is 200 g/mol. The first-order chi connectivity index (χ1) is 7.33. The zero-order chi connectivity index (χ0) is 10.3. The second-order valence-electron chi connectivity index (χ2n) is 5.05. The van der Waals surface area contributed by atoms with Crippen LogP contribution in [0.2, 0.25) is 0 Å². The normalized spacial score (nSPS) is 34.4. The highest BCUT2D eigenvalue weighted by atomic mass is 16.1. The lowest BCUT2D eigenvalue weighted by atomic mass is 9.95. The fourth-order valence-electron chi connectivity index (χ4n) is 3.38. The number of ketones is 1. The number of benzene rings is 1. The van der Waals surface area contributed by atoms with Crippen LogP contribution >= 0.6 is 0 Å². The van der Waals surface area contributed by atoms with E-state index in [0.29, 0.717) is 23.5 Å². The zero-order valence-electron chi connectivity index (χ0n) is 8.86. The van der Waals surface area contributed by atoms with Crippen molar-refractivity contribution >= 4 is 5.78 Å². The Kier molecular flexibility index (Phi) is 2.12. The molecule has 0 saturated heterocycles. The Bertz CT molecular complexity index is 352. The molecule has 78 valence electrons. The van der Waals surface area contributed by atoms with Gasteiger partial charge in [-0.05, 0) is 36.2 Å². The van der Waals surface area contributed by atoms with Gasteiger partial charge in [0.05, 0.1) is 0 Å². The molecule has 0 N–H and O–H groups in total. The Hall–Kier alpha value is -1.11. The molecule has 0 amide bonds. The molecule has 0 radical (unpaired) electrons. The van der Waals surface area contributed by atoms with E-state index in [0.717, 1.165) is 12.8 Å². The van der Waals surface area contributed by atoms with Crippen LogP contribution in [0.4, 0.5) is 0 Å². The number of rotatable bonds is 1. The summed E-state index contributed by atoms with van der Waals surface area (Å²) in [7, 11) is 0. The van der Waals surface area contributed by atoms with Crippen LogP contribution in [0, 0.1) is 11.8 Å². The van der Waals surface area contributed by atoms with Gasteiger partial charge in [0.25, 0.3) is 0 Å². The molecular weight excluding hydrogens is 184 g/mol. The van der Waals surface area contributed by atoms with Crippen molar-refractivity contribution in [3.05, 3.63) is 35.9 Å². The van der Waals surface area contributed by atoms with E-state index < -0.39 is 0 Å². The second-order valence-corrected chi connectivity index (χ2v) is 5.05. The Morgan fingerprint density at radius 1 is 0.933 bits per heavy atom. The first-order valence-corrected chi connectivity index (χ1v) is 5.89. The molecule has 2 saturated carbocycles. The highest BCUT2D eigenvalue weighted by molar-refractivity contribution is 5.81. The average Bonchev–Trinajstić information content (AvgIpc) is 2.76. The third-order valence-corrected chi connectivity index (χ3v) is 4.09. The standard InChI is InChI=1S/C14H16O/c15-14-8-12-6-11(7-13(12)9-14)10-4-2-1-3-5-10/h1-5,11-13H,6-9H2. The molecule has 0 heterocycles. The van der Waals surface area contributed by atoms with Gasteiger partial charge in [-0.1, -0.05) is 30.3 Å². The van der Waals surface area contributed by atoms with Gasteiger partial charge in [-0.25, -0.2) is 0 Å². The van der Waals surface area contributed by atoms with E-state index >= 15 is 0 Å². The summed E-state index contributed by atoms with van der Waals surface area (Å²) >= 11 is 0. The van der Waals surface area contributed by atoms with Crippen LogP contribution in [0.1, 0.15) is 37.2 Å². The number of carbonyl (C=O) groups excluding carboxylic acids is 1. The lowest BCUT2D eigenvalue weighted by Gasteiger charge is -2.10. The molecule has 0 aliphatic heterocycles. The maximum Gasteiger partial charge on any atom is 0.133 e. The molecule has 0 aromatic heterocycles. The SMILES string of the molecule is O=C1CC2CC(c3ccccc3)CC2C1. The van der Waals surface area contributed by atoms with E-state index in [-0.39, 0.29) is 0 Å². The lowest BCUT2D eigenvalue weighted by Crippen LogP contribution is -1.98. The van der Waals surface area contributed by atoms with Gasteiger partial charge in [0, 0.05) is 12.8 Å². The number of Topliss-reactive ketones (excluding diaryl/α,β-unsaturated/α-hetero) is 1. The van der Waals surface area contributed by atoms with Gasteiger partial charge in [0.2, 0.25) is 0 Å². The summed E-state index contributed by atoms with van der Waals surface area (Å²) in [6.07, 6.45) is 4.18. The summed E-state index contributed by atoms with van der Waals surface area (Å²) in [6.45, 7) is 0. The van der Waals surface area contributed by atoms with E-state index in [9.17, 15) is 4.79 Å². The van der Waals surface area contributed by atoms with Gasteiger partial charge in [0.1, 0.15) is 5.78 Å². The van der Waals surface area contributed by atoms with Crippen molar-refractivity contribution in [1.82, 2.24) is 0 Å². The minimum absolute atomic E-state index is 0.497. The van der Waals surface area contributed by atoms with Gasteiger partial charge in [0.15, 0.2) is 0 Å². The Labute approximate surface area is 90.5 Å². The number of carbonyl (C=O) groups is 1. The van der Waals surface area contributed by atoms with Crippen molar-refractivity contribution in [3.8, 4) is 0 Å². The first-order valence-electron chi connectivity index (χ1n) is 5.89. The third-order valence-electron chi connectivity index (χ3n) is 4.09. The van der Waals surface area contributed by atoms with Crippen LogP contribution in [0.15, 0.2) is 30.3 Å². The predicted octanol–water partition coefficient (Wildman–Crippen LogP) is 3.16. The predicted molar refractivity (Wildman–Crippen MR) is 59.6 cm³/mol. The monoisotopic (exact) mass is 200 g/mol. The maximum atomic E-state index is 11.3. The van der Waals surface area contributed by atoms with Gasteiger partial charge in [-0.2, -0.15) is 0 Å². The van der Waals surface area contributed by atoms with E-state index in [1.807, 2.05) is 0 Å². The number of fused-ring (bicyclic) bond motifs is 1. The summed E-state index contributed by atoms with van der Waals surface area (Å²) in [5.41, 5.74) is 1.47. The van der Waals surface area contributed by atoms with Crippen molar-refractivity contribution in [2.45, 2.75) is 31.6 Å². The van der Waals surface area contributed by atoms with Crippen molar-refractivity contribution in [2.24, 2.45) is 11.8 Å². The quantitative estimate of drug-likeness (QED) is 0.680. The lowest BCUT2D eigenvalue weighted by molar-refractivity contribution is -0.117. The van der Waals surface area contributed by atoms with Crippen molar-refractivity contribution in [1.29, 1.82) is 0 Å². The molecule has 1 aromatic carbocycles. The highest BCUT2D eigenvalue weighted by Crippen LogP contribution is 2.49. The van der Waals surface area contributed by atoms with E-state index in [2.05, 4.69) is 30.3 Å². The number of hydrogen-bond acceptors (Lipinski definition) is 1. The van der Waals surface area contributed by atoms with Gasteiger partial charge < -0.3 is 0 Å². The minimum atomic E-state index is 0.497. The molecule has 1 heteroatoms. The summed E-state index contributed by atoms with van der Waals surface area (Å²) in [4.78, 5) is 11.3. The summed E-state index contributed by atoms with van der Waals surface area (Å²) in [6, 6.07) is 10.8. The fraction of sp³-hybridized carbons (Fsp3) is 0.500. The molecule has 2 fully saturated rings. The smallest absolute Gasteiger partial charge is 0.133 e. The molecular formula is C14H16O. The van der Waals surface area contributed by atoms with E-state index in [1.54, 1.807) is 0 Å². The highest BCUT2D eigenvalue weighted by Gasteiger charge is 2.41. The van der Waals surface area contributed by atoms with Crippen LogP contribution in [0.25, 0.3) is 0 Å². The Morgan fingerprint density at radius 2 is 1.53 bits per heavy atom. The molecule has 2 aliphatic carbocycles. The molecule has 1 aromatic rings. The molecule has 0 spiro atoms. The van der Waals surface area contributed by atoms with Crippen LogP contribution < -0.4 is 0 Å². The Morgan fingerprint density at radius 3 is 2.13 bits per heavy atom. The van der Waals surface area contributed by atoms with Gasteiger partial charge in [-0.15, -0.1) is 0 Å². The molecule has 3 rings (SSSR count).